The zero-order chi connectivity index (χ0) is 16.2. The topological polar surface area (TPSA) is 66.5 Å². The number of amides is 1. The van der Waals surface area contributed by atoms with E-state index in [0.717, 1.165) is 32.2 Å². The van der Waals surface area contributed by atoms with Gasteiger partial charge in [0.2, 0.25) is 0 Å². The standard InChI is InChI=1S/C16H24N2O3S.ClH/c1-17-11-12-18(2)16(19)13-7-9-15(10-8-13)22(20,21)14-5-3-4-6-14;/h7-10,14,17H,3-6,11-12H2,1-2H3;1H. The van der Waals surface area contributed by atoms with Crippen molar-refractivity contribution < 1.29 is 13.2 Å². The van der Waals surface area contributed by atoms with Crippen LogP contribution < -0.4 is 5.32 Å². The van der Waals surface area contributed by atoms with Crippen LogP contribution in [0.25, 0.3) is 0 Å². The first kappa shape index (κ1) is 19.9. The van der Waals surface area contributed by atoms with Crippen molar-refractivity contribution in [1.82, 2.24) is 10.2 Å². The van der Waals surface area contributed by atoms with Crippen molar-refractivity contribution in [1.29, 1.82) is 0 Å². The number of carbonyl (C=O) groups is 1. The minimum absolute atomic E-state index is 0. The maximum atomic E-state index is 12.5. The molecule has 1 aromatic rings. The van der Waals surface area contributed by atoms with Crippen LogP contribution in [-0.2, 0) is 9.84 Å². The van der Waals surface area contributed by atoms with Crippen LogP contribution in [0, 0.1) is 0 Å². The van der Waals surface area contributed by atoms with Crippen LogP contribution in [0.2, 0.25) is 0 Å². The number of sulfone groups is 1. The Morgan fingerprint density at radius 3 is 2.30 bits per heavy atom. The molecule has 1 fully saturated rings. The van der Waals surface area contributed by atoms with E-state index in [1.807, 2.05) is 7.05 Å². The zero-order valence-corrected chi connectivity index (χ0v) is 15.3. The molecule has 1 aromatic carbocycles. The van der Waals surface area contributed by atoms with Gasteiger partial charge in [-0.15, -0.1) is 12.4 Å². The van der Waals surface area contributed by atoms with Crippen LogP contribution in [0.15, 0.2) is 29.2 Å². The number of hydrogen-bond donors (Lipinski definition) is 1. The van der Waals surface area contributed by atoms with Crippen LogP contribution in [0.4, 0.5) is 0 Å². The Bertz CT molecular complexity index is 611. The van der Waals surface area contributed by atoms with Crippen LogP contribution in [-0.4, -0.2) is 51.7 Å². The summed E-state index contributed by atoms with van der Waals surface area (Å²) < 4.78 is 25.0. The number of hydrogen-bond acceptors (Lipinski definition) is 4. The van der Waals surface area contributed by atoms with Crippen molar-refractivity contribution >= 4 is 28.2 Å². The molecule has 1 aliphatic carbocycles. The molecule has 130 valence electrons. The molecule has 0 atom stereocenters. The van der Waals surface area contributed by atoms with E-state index in [9.17, 15) is 13.2 Å². The van der Waals surface area contributed by atoms with Crippen LogP contribution in [0.5, 0.6) is 0 Å². The number of nitrogens with one attached hydrogen (secondary N) is 1. The van der Waals surface area contributed by atoms with E-state index in [-0.39, 0.29) is 23.6 Å². The average Bonchev–Trinajstić information content (AvgIpc) is 3.07. The molecule has 1 amide bonds. The normalized spacial score (nSPS) is 15.2. The largest absolute Gasteiger partial charge is 0.340 e. The van der Waals surface area contributed by atoms with Crippen molar-refractivity contribution in [3.05, 3.63) is 29.8 Å². The molecule has 5 nitrogen and oxygen atoms in total. The highest BCUT2D eigenvalue weighted by Gasteiger charge is 2.30. The predicted molar refractivity (Wildman–Crippen MR) is 94.0 cm³/mol. The van der Waals surface area contributed by atoms with Gasteiger partial charge in [0, 0.05) is 25.7 Å². The molecule has 0 radical (unpaired) electrons. The second-order valence-corrected chi connectivity index (χ2v) is 8.03. The Morgan fingerprint density at radius 1 is 1.22 bits per heavy atom. The van der Waals surface area contributed by atoms with Crippen molar-refractivity contribution in [2.45, 2.75) is 35.8 Å². The molecule has 0 aliphatic heterocycles. The van der Waals surface area contributed by atoms with E-state index >= 15 is 0 Å². The molecular formula is C16H25ClN2O3S. The summed E-state index contributed by atoms with van der Waals surface area (Å²) in [6, 6.07) is 6.35. The van der Waals surface area contributed by atoms with Crippen molar-refractivity contribution in [3.63, 3.8) is 0 Å². The summed E-state index contributed by atoms with van der Waals surface area (Å²) in [6.45, 7) is 1.33. The molecular weight excluding hydrogens is 336 g/mol. The molecule has 0 unspecified atom stereocenters. The molecule has 0 saturated heterocycles. The predicted octanol–water partition coefficient (Wildman–Crippen LogP) is 2.12. The van der Waals surface area contributed by atoms with Crippen molar-refractivity contribution in [3.8, 4) is 0 Å². The molecule has 0 bridgehead atoms. The third-order valence-electron chi connectivity index (χ3n) is 4.21. The van der Waals surface area contributed by atoms with Gasteiger partial charge in [-0.25, -0.2) is 8.42 Å². The van der Waals surface area contributed by atoms with Gasteiger partial charge in [0.25, 0.3) is 5.91 Å². The number of benzene rings is 1. The summed E-state index contributed by atoms with van der Waals surface area (Å²) in [7, 11) is 0.323. The number of rotatable bonds is 6. The smallest absolute Gasteiger partial charge is 0.253 e. The molecule has 1 N–H and O–H groups in total. The summed E-state index contributed by atoms with van der Waals surface area (Å²) in [4.78, 5) is 14.2. The Kier molecular flexibility index (Phi) is 7.51. The second kappa shape index (κ2) is 8.66. The van der Waals surface area contributed by atoms with Crippen LogP contribution in [0.1, 0.15) is 36.0 Å². The SMILES string of the molecule is CNCCN(C)C(=O)c1ccc(S(=O)(=O)C2CCCC2)cc1.Cl. The van der Waals surface area contributed by atoms with Gasteiger partial charge in [0.15, 0.2) is 9.84 Å². The van der Waals surface area contributed by atoms with Crippen LogP contribution >= 0.6 is 12.4 Å². The number of carbonyl (C=O) groups excluding carboxylic acids is 1. The van der Waals surface area contributed by atoms with Gasteiger partial charge in [-0.2, -0.15) is 0 Å². The summed E-state index contributed by atoms with van der Waals surface area (Å²) in [5.74, 6) is -0.0972. The average molecular weight is 361 g/mol. The van der Waals surface area contributed by atoms with E-state index in [4.69, 9.17) is 0 Å². The quantitative estimate of drug-likeness (QED) is 0.843. The fourth-order valence-corrected chi connectivity index (χ4v) is 4.63. The lowest BCUT2D eigenvalue weighted by atomic mass is 10.2. The van der Waals surface area contributed by atoms with E-state index < -0.39 is 9.84 Å². The fraction of sp³-hybridized carbons (Fsp3) is 0.562. The molecule has 2 rings (SSSR count). The Labute approximate surface area is 144 Å². The van der Waals surface area contributed by atoms with Gasteiger partial charge in [0.05, 0.1) is 10.1 Å². The molecule has 0 aromatic heterocycles. The molecule has 1 saturated carbocycles. The lowest BCUT2D eigenvalue weighted by Gasteiger charge is -2.17. The molecule has 0 spiro atoms. The lowest BCUT2D eigenvalue weighted by Crippen LogP contribution is -2.32. The monoisotopic (exact) mass is 360 g/mol. The number of nitrogens with zero attached hydrogens (tertiary/aromatic N) is 1. The van der Waals surface area contributed by atoms with Gasteiger partial charge in [-0.3, -0.25) is 4.79 Å². The highest BCUT2D eigenvalue weighted by molar-refractivity contribution is 7.92. The van der Waals surface area contributed by atoms with Crippen molar-refractivity contribution in [2.75, 3.05) is 27.2 Å². The van der Waals surface area contributed by atoms with Gasteiger partial charge in [-0.1, -0.05) is 12.8 Å². The van der Waals surface area contributed by atoms with Crippen molar-refractivity contribution in [2.24, 2.45) is 0 Å². The summed E-state index contributed by atoms with van der Waals surface area (Å²) in [5, 5.41) is 2.73. The third-order valence-corrected chi connectivity index (χ3v) is 6.49. The molecule has 0 heterocycles. The minimum Gasteiger partial charge on any atom is -0.340 e. The molecule has 23 heavy (non-hydrogen) atoms. The summed E-state index contributed by atoms with van der Waals surface area (Å²) in [5.41, 5.74) is 0.518. The Hall–Kier alpha value is -1.11. The van der Waals surface area contributed by atoms with Gasteiger partial charge >= 0.3 is 0 Å². The van der Waals surface area contributed by atoms with Gasteiger partial charge < -0.3 is 10.2 Å². The summed E-state index contributed by atoms with van der Waals surface area (Å²) in [6.07, 6.45) is 3.46. The van der Waals surface area contributed by atoms with Crippen LogP contribution in [0.3, 0.4) is 0 Å². The maximum absolute atomic E-state index is 12.5. The molecule has 7 heteroatoms. The first-order valence-corrected chi connectivity index (χ1v) is 9.25. The molecule has 1 aliphatic rings. The first-order chi connectivity index (χ1) is 10.5. The second-order valence-electron chi connectivity index (χ2n) is 5.81. The summed E-state index contributed by atoms with van der Waals surface area (Å²) >= 11 is 0. The fourth-order valence-electron chi connectivity index (χ4n) is 2.78. The van der Waals surface area contributed by atoms with E-state index in [2.05, 4.69) is 5.32 Å². The zero-order valence-electron chi connectivity index (χ0n) is 13.6. The minimum atomic E-state index is -3.25. The third kappa shape index (κ3) is 4.68. The Balaban J connectivity index is 0.00000264. The highest BCUT2D eigenvalue weighted by atomic mass is 35.5. The lowest BCUT2D eigenvalue weighted by molar-refractivity contribution is 0.0797. The highest BCUT2D eigenvalue weighted by Crippen LogP contribution is 2.29. The maximum Gasteiger partial charge on any atom is 0.253 e. The Morgan fingerprint density at radius 2 is 1.78 bits per heavy atom. The van der Waals surface area contributed by atoms with E-state index in [1.54, 1.807) is 36.2 Å². The van der Waals surface area contributed by atoms with Gasteiger partial charge in [-0.05, 0) is 44.2 Å². The van der Waals surface area contributed by atoms with Gasteiger partial charge in [0.1, 0.15) is 0 Å². The first-order valence-electron chi connectivity index (χ1n) is 7.71. The van der Waals surface area contributed by atoms with E-state index in [0.29, 0.717) is 17.0 Å². The number of halogens is 1. The van der Waals surface area contributed by atoms with E-state index in [1.165, 1.54) is 0 Å². The number of likely N-dealkylation sites (N-methyl/N-ethyl adjacent to an activating group) is 2.